The van der Waals surface area contributed by atoms with E-state index in [4.69, 9.17) is 0 Å². The summed E-state index contributed by atoms with van der Waals surface area (Å²) in [5, 5.41) is 6.74. The minimum atomic E-state index is 0. The van der Waals surface area contributed by atoms with Crippen LogP contribution in [0.5, 0.6) is 0 Å². The quantitative estimate of drug-likeness (QED) is 0.272. The van der Waals surface area contributed by atoms with Crippen LogP contribution in [0.2, 0.25) is 0 Å². The third-order valence-electron chi connectivity index (χ3n) is 3.85. The van der Waals surface area contributed by atoms with Crippen LogP contribution in [0.25, 0.3) is 0 Å². The van der Waals surface area contributed by atoms with Gasteiger partial charge in [-0.15, -0.1) is 24.0 Å². The van der Waals surface area contributed by atoms with Crippen LogP contribution >= 0.6 is 24.0 Å². The van der Waals surface area contributed by atoms with Crippen LogP contribution in [0.1, 0.15) is 38.3 Å². The minimum Gasteiger partial charge on any atom is -0.357 e. The largest absolute Gasteiger partial charge is 0.357 e. The SMILES string of the molecule is CCNC(=NCc1ccccc1C)NCCCN(CC)CC.I. The number of hydrogen-bond donors (Lipinski definition) is 2. The molecule has 0 heterocycles. The van der Waals surface area contributed by atoms with E-state index >= 15 is 0 Å². The third kappa shape index (κ3) is 9.15. The van der Waals surface area contributed by atoms with Crippen LogP contribution in [0.15, 0.2) is 29.3 Å². The molecule has 0 spiro atoms. The van der Waals surface area contributed by atoms with Crippen LogP contribution in [0.4, 0.5) is 0 Å². The standard InChI is InChI=1S/C18H32N4.HI/c1-5-19-18(20-13-10-14-22(6-2)7-3)21-15-17-12-9-8-11-16(17)4;/h8-9,11-12H,5-7,10,13-15H2,1-4H3,(H2,19,20,21);1H. The van der Waals surface area contributed by atoms with Crippen molar-refractivity contribution < 1.29 is 0 Å². The molecular formula is C18H33IN4. The Morgan fingerprint density at radius 1 is 1.09 bits per heavy atom. The van der Waals surface area contributed by atoms with Crippen molar-refractivity contribution in [3.63, 3.8) is 0 Å². The predicted molar refractivity (Wildman–Crippen MR) is 112 cm³/mol. The first-order valence-electron chi connectivity index (χ1n) is 8.50. The molecular weight excluding hydrogens is 399 g/mol. The van der Waals surface area contributed by atoms with Crippen molar-refractivity contribution in [3.05, 3.63) is 35.4 Å². The molecule has 5 heteroatoms. The number of aryl methyl sites for hydroxylation is 1. The number of aliphatic imine (C=N–C) groups is 1. The lowest BCUT2D eigenvalue weighted by Crippen LogP contribution is -2.38. The third-order valence-corrected chi connectivity index (χ3v) is 3.85. The van der Waals surface area contributed by atoms with Crippen molar-refractivity contribution in [2.45, 2.75) is 40.7 Å². The fourth-order valence-corrected chi connectivity index (χ4v) is 2.34. The van der Waals surface area contributed by atoms with E-state index in [2.05, 4.69) is 72.5 Å². The molecule has 4 nitrogen and oxygen atoms in total. The molecule has 0 aliphatic carbocycles. The predicted octanol–water partition coefficient (Wildman–Crippen LogP) is 3.40. The Hall–Kier alpha value is -0.820. The topological polar surface area (TPSA) is 39.7 Å². The molecule has 23 heavy (non-hydrogen) atoms. The van der Waals surface area contributed by atoms with Gasteiger partial charge in [-0.2, -0.15) is 0 Å². The minimum absolute atomic E-state index is 0. The molecule has 0 atom stereocenters. The number of guanidine groups is 1. The molecule has 0 unspecified atom stereocenters. The summed E-state index contributed by atoms with van der Waals surface area (Å²) in [4.78, 5) is 7.13. The van der Waals surface area contributed by atoms with E-state index in [-0.39, 0.29) is 24.0 Å². The van der Waals surface area contributed by atoms with Crippen molar-refractivity contribution >= 4 is 29.9 Å². The molecule has 0 aliphatic heterocycles. The van der Waals surface area contributed by atoms with E-state index in [1.165, 1.54) is 11.1 Å². The maximum absolute atomic E-state index is 4.68. The van der Waals surface area contributed by atoms with E-state index in [1.54, 1.807) is 0 Å². The van der Waals surface area contributed by atoms with E-state index in [0.29, 0.717) is 0 Å². The first kappa shape index (κ1) is 22.2. The van der Waals surface area contributed by atoms with Crippen molar-refractivity contribution in [2.24, 2.45) is 4.99 Å². The summed E-state index contributed by atoms with van der Waals surface area (Å²) in [6, 6.07) is 8.42. The average molecular weight is 432 g/mol. The summed E-state index contributed by atoms with van der Waals surface area (Å²) in [6.07, 6.45) is 1.14. The second-order valence-corrected chi connectivity index (χ2v) is 5.43. The van der Waals surface area contributed by atoms with Crippen molar-refractivity contribution in [1.29, 1.82) is 0 Å². The van der Waals surface area contributed by atoms with E-state index in [9.17, 15) is 0 Å². The normalized spacial score (nSPS) is 11.3. The number of rotatable bonds is 9. The molecule has 1 aromatic rings. The van der Waals surface area contributed by atoms with Crippen LogP contribution in [-0.4, -0.2) is 43.6 Å². The zero-order valence-corrected chi connectivity index (χ0v) is 17.4. The van der Waals surface area contributed by atoms with Gasteiger partial charge in [0.25, 0.3) is 0 Å². The molecule has 0 aromatic heterocycles. The maximum Gasteiger partial charge on any atom is 0.191 e. The Morgan fingerprint density at radius 2 is 1.78 bits per heavy atom. The molecule has 0 amide bonds. The zero-order valence-electron chi connectivity index (χ0n) is 15.1. The Labute approximate surface area is 159 Å². The van der Waals surface area contributed by atoms with Crippen LogP contribution < -0.4 is 10.6 Å². The van der Waals surface area contributed by atoms with Gasteiger partial charge in [0.2, 0.25) is 0 Å². The van der Waals surface area contributed by atoms with Gasteiger partial charge in [-0.25, -0.2) is 4.99 Å². The van der Waals surface area contributed by atoms with Gasteiger partial charge >= 0.3 is 0 Å². The van der Waals surface area contributed by atoms with Crippen molar-refractivity contribution in [1.82, 2.24) is 15.5 Å². The maximum atomic E-state index is 4.68. The van der Waals surface area contributed by atoms with Gasteiger partial charge in [-0.1, -0.05) is 38.1 Å². The molecule has 0 aliphatic rings. The second-order valence-electron chi connectivity index (χ2n) is 5.43. The smallest absolute Gasteiger partial charge is 0.191 e. The second kappa shape index (κ2) is 13.6. The number of halogens is 1. The summed E-state index contributed by atoms with van der Waals surface area (Å²) < 4.78 is 0. The summed E-state index contributed by atoms with van der Waals surface area (Å²) in [7, 11) is 0. The van der Waals surface area contributed by atoms with Crippen LogP contribution in [0, 0.1) is 6.92 Å². The molecule has 132 valence electrons. The van der Waals surface area contributed by atoms with Gasteiger partial charge in [-0.3, -0.25) is 0 Å². The number of hydrogen-bond acceptors (Lipinski definition) is 2. The van der Waals surface area contributed by atoms with E-state index in [1.807, 2.05) is 0 Å². The van der Waals surface area contributed by atoms with Crippen LogP contribution in [-0.2, 0) is 6.54 Å². The Balaban J connectivity index is 0.00000484. The van der Waals surface area contributed by atoms with Gasteiger partial charge in [0.05, 0.1) is 6.54 Å². The highest BCUT2D eigenvalue weighted by Gasteiger charge is 2.01. The molecule has 2 N–H and O–H groups in total. The Kier molecular flexibility index (Phi) is 13.1. The fraction of sp³-hybridized carbons (Fsp3) is 0.611. The fourth-order valence-electron chi connectivity index (χ4n) is 2.34. The summed E-state index contributed by atoms with van der Waals surface area (Å²) >= 11 is 0. The Bertz CT molecular complexity index is 444. The molecule has 0 saturated carbocycles. The molecule has 0 fully saturated rings. The van der Waals surface area contributed by atoms with Gasteiger partial charge < -0.3 is 15.5 Å². The van der Waals surface area contributed by atoms with E-state index in [0.717, 1.165) is 51.6 Å². The molecule has 0 saturated heterocycles. The molecule has 1 aromatic carbocycles. The molecule has 0 bridgehead atoms. The van der Waals surface area contributed by atoms with Crippen LogP contribution in [0.3, 0.4) is 0 Å². The van der Waals surface area contributed by atoms with Gasteiger partial charge in [-0.05, 0) is 51.0 Å². The highest BCUT2D eigenvalue weighted by molar-refractivity contribution is 14.0. The lowest BCUT2D eigenvalue weighted by molar-refractivity contribution is 0.300. The summed E-state index contributed by atoms with van der Waals surface area (Å²) in [5.41, 5.74) is 2.58. The number of nitrogens with one attached hydrogen (secondary N) is 2. The van der Waals surface area contributed by atoms with E-state index < -0.39 is 0 Å². The first-order chi connectivity index (χ1) is 10.7. The Morgan fingerprint density at radius 3 is 2.39 bits per heavy atom. The summed E-state index contributed by atoms with van der Waals surface area (Å²) in [5.74, 6) is 0.908. The van der Waals surface area contributed by atoms with Gasteiger partial charge in [0, 0.05) is 13.1 Å². The highest BCUT2D eigenvalue weighted by Crippen LogP contribution is 2.07. The lowest BCUT2D eigenvalue weighted by atomic mass is 10.1. The monoisotopic (exact) mass is 432 g/mol. The zero-order chi connectivity index (χ0) is 16.2. The van der Waals surface area contributed by atoms with Crippen molar-refractivity contribution in [2.75, 3.05) is 32.7 Å². The highest BCUT2D eigenvalue weighted by atomic mass is 127. The molecule has 1 rings (SSSR count). The van der Waals surface area contributed by atoms with Gasteiger partial charge in [0.1, 0.15) is 0 Å². The first-order valence-corrected chi connectivity index (χ1v) is 8.50. The number of benzene rings is 1. The average Bonchev–Trinajstić information content (AvgIpc) is 2.54. The summed E-state index contributed by atoms with van der Waals surface area (Å²) in [6.45, 7) is 14.6. The molecule has 0 radical (unpaired) electrons. The van der Waals surface area contributed by atoms with Gasteiger partial charge in [0.15, 0.2) is 5.96 Å². The number of nitrogens with zero attached hydrogens (tertiary/aromatic N) is 2. The van der Waals surface area contributed by atoms with Crippen molar-refractivity contribution in [3.8, 4) is 0 Å². The lowest BCUT2D eigenvalue weighted by Gasteiger charge is -2.18.